The quantitative estimate of drug-likeness (QED) is 0.908. The monoisotopic (exact) mass is 314 g/mol. The van der Waals surface area contributed by atoms with Gasteiger partial charge in [-0.1, -0.05) is 37.3 Å². The second kappa shape index (κ2) is 6.73. The van der Waals surface area contributed by atoms with Gasteiger partial charge in [0.05, 0.1) is 5.41 Å². The number of nitrogens with one attached hydrogen (secondary N) is 1. The highest BCUT2D eigenvalue weighted by molar-refractivity contribution is 5.91. The van der Waals surface area contributed by atoms with Crippen molar-refractivity contribution in [3.05, 3.63) is 35.9 Å². The fourth-order valence-electron chi connectivity index (χ4n) is 3.55. The topological polar surface area (TPSA) is 49.4 Å². The summed E-state index contributed by atoms with van der Waals surface area (Å²) in [7, 11) is 0. The van der Waals surface area contributed by atoms with Gasteiger partial charge in [0.1, 0.15) is 0 Å². The molecule has 4 nitrogen and oxygen atoms in total. The molecule has 4 heteroatoms. The Morgan fingerprint density at radius 2 is 1.83 bits per heavy atom. The first-order valence-electron chi connectivity index (χ1n) is 8.80. The van der Waals surface area contributed by atoms with Gasteiger partial charge in [-0.3, -0.25) is 9.59 Å². The zero-order valence-corrected chi connectivity index (χ0v) is 13.9. The minimum atomic E-state index is -0.279. The highest BCUT2D eigenvalue weighted by Crippen LogP contribution is 2.49. The average molecular weight is 314 g/mol. The lowest BCUT2D eigenvalue weighted by molar-refractivity contribution is -0.137. The van der Waals surface area contributed by atoms with Crippen LogP contribution in [0.5, 0.6) is 0 Å². The van der Waals surface area contributed by atoms with E-state index in [0.29, 0.717) is 13.1 Å². The summed E-state index contributed by atoms with van der Waals surface area (Å²) in [6.07, 6.45) is 4.43. The van der Waals surface area contributed by atoms with Crippen molar-refractivity contribution in [1.82, 2.24) is 10.2 Å². The molecule has 1 saturated heterocycles. The molecule has 0 atom stereocenters. The fraction of sp³-hybridized carbons (Fsp3) is 0.579. The molecule has 0 aromatic heterocycles. The Morgan fingerprint density at radius 3 is 2.39 bits per heavy atom. The largest absolute Gasteiger partial charge is 0.356 e. The molecule has 1 aliphatic carbocycles. The van der Waals surface area contributed by atoms with Crippen LogP contribution in [-0.4, -0.2) is 36.3 Å². The van der Waals surface area contributed by atoms with Crippen LogP contribution in [-0.2, 0) is 15.0 Å². The Balaban J connectivity index is 1.58. The van der Waals surface area contributed by atoms with E-state index in [2.05, 4.69) is 24.4 Å². The molecule has 2 aliphatic rings. The van der Waals surface area contributed by atoms with Gasteiger partial charge in [0, 0.05) is 25.6 Å². The van der Waals surface area contributed by atoms with E-state index in [1.807, 2.05) is 23.1 Å². The number of hydrogen-bond acceptors (Lipinski definition) is 2. The van der Waals surface area contributed by atoms with Crippen molar-refractivity contribution >= 4 is 11.8 Å². The lowest BCUT2D eigenvalue weighted by Gasteiger charge is -2.34. The van der Waals surface area contributed by atoms with Crippen LogP contribution in [0.3, 0.4) is 0 Å². The molecule has 124 valence electrons. The smallest absolute Gasteiger partial charge is 0.233 e. The van der Waals surface area contributed by atoms with Crippen molar-refractivity contribution in [2.24, 2.45) is 5.92 Å². The Hall–Kier alpha value is -1.84. The first-order chi connectivity index (χ1) is 11.2. The molecule has 0 spiro atoms. The highest BCUT2D eigenvalue weighted by atomic mass is 16.2. The summed E-state index contributed by atoms with van der Waals surface area (Å²) in [5.74, 6) is 0.483. The SMILES string of the molecule is CCCNC(=O)C1CCN(C(=O)C2(c3ccccc3)CC2)CC1. The summed E-state index contributed by atoms with van der Waals surface area (Å²) >= 11 is 0. The van der Waals surface area contributed by atoms with Crippen LogP contribution in [0, 0.1) is 5.92 Å². The van der Waals surface area contributed by atoms with Crippen LogP contribution in [0.2, 0.25) is 0 Å². The third-order valence-electron chi connectivity index (χ3n) is 5.19. The summed E-state index contributed by atoms with van der Waals surface area (Å²) in [5, 5.41) is 2.97. The molecule has 0 unspecified atom stereocenters. The second-order valence-corrected chi connectivity index (χ2v) is 6.81. The molecule has 1 N–H and O–H groups in total. The average Bonchev–Trinajstić information content (AvgIpc) is 3.42. The molecule has 1 aromatic carbocycles. The van der Waals surface area contributed by atoms with E-state index in [1.165, 1.54) is 0 Å². The Kier molecular flexibility index (Phi) is 4.69. The van der Waals surface area contributed by atoms with Gasteiger partial charge in [0.25, 0.3) is 0 Å². The number of benzene rings is 1. The first kappa shape index (κ1) is 16.0. The molecule has 1 aromatic rings. The zero-order chi connectivity index (χ0) is 16.3. The van der Waals surface area contributed by atoms with Crippen LogP contribution in [0.4, 0.5) is 0 Å². The number of likely N-dealkylation sites (tertiary alicyclic amines) is 1. The van der Waals surface area contributed by atoms with Gasteiger partial charge in [0.2, 0.25) is 11.8 Å². The van der Waals surface area contributed by atoms with Crippen molar-refractivity contribution in [3.8, 4) is 0 Å². The Bertz CT molecular complexity index is 558. The summed E-state index contributed by atoms with van der Waals surface area (Å²) in [4.78, 5) is 27.0. The van der Waals surface area contributed by atoms with Gasteiger partial charge in [-0.2, -0.15) is 0 Å². The molecule has 2 fully saturated rings. The fourth-order valence-corrected chi connectivity index (χ4v) is 3.55. The van der Waals surface area contributed by atoms with Crippen LogP contribution < -0.4 is 5.32 Å². The van der Waals surface area contributed by atoms with Crippen LogP contribution in [0.15, 0.2) is 30.3 Å². The number of carbonyl (C=O) groups excluding carboxylic acids is 2. The number of hydrogen-bond donors (Lipinski definition) is 1. The molecular weight excluding hydrogens is 288 g/mol. The minimum Gasteiger partial charge on any atom is -0.356 e. The maximum absolute atomic E-state index is 13.0. The Labute approximate surface area is 138 Å². The van der Waals surface area contributed by atoms with Crippen molar-refractivity contribution in [2.45, 2.75) is 44.4 Å². The van der Waals surface area contributed by atoms with Gasteiger partial charge in [-0.15, -0.1) is 0 Å². The normalized spacial score (nSPS) is 20.1. The predicted molar refractivity (Wildman–Crippen MR) is 90.0 cm³/mol. The van der Waals surface area contributed by atoms with Crippen molar-refractivity contribution in [2.75, 3.05) is 19.6 Å². The highest BCUT2D eigenvalue weighted by Gasteiger charge is 2.53. The second-order valence-electron chi connectivity index (χ2n) is 6.81. The molecule has 1 heterocycles. The van der Waals surface area contributed by atoms with E-state index in [4.69, 9.17) is 0 Å². The molecule has 1 saturated carbocycles. The number of carbonyl (C=O) groups is 2. The third kappa shape index (κ3) is 3.26. The van der Waals surface area contributed by atoms with E-state index >= 15 is 0 Å². The Morgan fingerprint density at radius 1 is 1.17 bits per heavy atom. The van der Waals surface area contributed by atoms with E-state index < -0.39 is 0 Å². The standard InChI is InChI=1S/C19H26N2O2/c1-2-12-20-17(22)15-8-13-21(14-9-15)18(23)19(10-11-19)16-6-4-3-5-7-16/h3-7,15H,2,8-14H2,1H3,(H,20,22). The van der Waals surface area contributed by atoms with Gasteiger partial charge in [-0.25, -0.2) is 0 Å². The van der Waals surface area contributed by atoms with E-state index in [-0.39, 0.29) is 23.1 Å². The first-order valence-corrected chi connectivity index (χ1v) is 8.80. The van der Waals surface area contributed by atoms with Gasteiger partial charge >= 0.3 is 0 Å². The summed E-state index contributed by atoms with van der Waals surface area (Å²) in [5.41, 5.74) is 0.867. The van der Waals surface area contributed by atoms with Crippen molar-refractivity contribution in [1.29, 1.82) is 0 Å². The number of amides is 2. The number of rotatable bonds is 5. The number of piperidine rings is 1. The summed E-state index contributed by atoms with van der Waals surface area (Å²) < 4.78 is 0. The molecule has 23 heavy (non-hydrogen) atoms. The zero-order valence-electron chi connectivity index (χ0n) is 13.9. The van der Waals surface area contributed by atoms with E-state index in [0.717, 1.165) is 44.2 Å². The van der Waals surface area contributed by atoms with Crippen molar-refractivity contribution in [3.63, 3.8) is 0 Å². The number of nitrogens with zero attached hydrogens (tertiary/aromatic N) is 1. The van der Waals surface area contributed by atoms with Crippen molar-refractivity contribution < 1.29 is 9.59 Å². The summed E-state index contributed by atoms with van der Waals surface area (Å²) in [6.45, 7) is 4.21. The molecule has 0 bridgehead atoms. The third-order valence-corrected chi connectivity index (χ3v) is 5.19. The molecule has 2 amide bonds. The van der Waals surface area contributed by atoms with E-state index in [9.17, 15) is 9.59 Å². The van der Waals surface area contributed by atoms with Crippen LogP contribution >= 0.6 is 0 Å². The molecule has 1 aliphatic heterocycles. The van der Waals surface area contributed by atoms with Gasteiger partial charge < -0.3 is 10.2 Å². The molecule has 0 radical (unpaired) electrons. The van der Waals surface area contributed by atoms with E-state index in [1.54, 1.807) is 0 Å². The lowest BCUT2D eigenvalue weighted by Crippen LogP contribution is -2.46. The molecular formula is C19H26N2O2. The van der Waals surface area contributed by atoms with Crippen LogP contribution in [0.1, 0.15) is 44.6 Å². The predicted octanol–water partition coefficient (Wildman–Crippen LogP) is 2.48. The summed E-state index contributed by atoms with van der Waals surface area (Å²) in [6, 6.07) is 10.1. The maximum Gasteiger partial charge on any atom is 0.233 e. The maximum atomic E-state index is 13.0. The van der Waals surface area contributed by atoms with Crippen LogP contribution in [0.25, 0.3) is 0 Å². The molecule has 3 rings (SSSR count). The lowest BCUT2D eigenvalue weighted by atomic mass is 9.91. The minimum absolute atomic E-state index is 0.0671. The van der Waals surface area contributed by atoms with Gasteiger partial charge in [0.15, 0.2) is 0 Å². The van der Waals surface area contributed by atoms with Gasteiger partial charge in [-0.05, 0) is 37.7 Å².